The Morgan fingerprint density at radius 2 is 1.94 bits per heavy atom. The van der Waals surface area contributed by atoms with Crippen molar-refractivity contribution in [2.45, 2.75) is 19.8 Å². The maximum absolute atomic E-state index is 14.6. The number of nitrogens with zero attached hydrogens (tertiary/aromatic N) is 3. The summed E-state index contributed by atoms with van der Waals surface area (Å²) >= 11 is 0. The van der Waals surface area contributed by atoms with Crippen LogP contribution in [-0.2, 0) is 9.59 Å². The van der Waals surface area contributed by atoms with E-state index in [1.165, 1.54) is 24.1 Å². The molecule has 1 aromatic carbocycles. The van der Waals surface area contributed by atoms with Gasteiger partial charge in [0.05, 0.1) is 28.0 Å². The number of likely N-dealkylation sites (tertiary alicyclic amines) is 1. The molecule has 1 aliphatic rings. The lowest BCUT2D eigenvalue weighted by Crippen LogP contribution is -2.40. The van der Waals surface area contributed by atoms with Crippen molar-refractivity contribution in [1.82, 2.24) is 14.9 Å². The molecule has 0 spiro atoms. The Hall–Kier alpha value is -4.32. The molecule has 1 aliphatic heterocycles. The van der Waals surface area contributed by atoms with Crippen molar-refractivity contribution in [3.8, 4) is 6.07 Å². The van der Waals surface area contributed by atoms with Crippen LogP contribution in [0.1, 0.15) is 35.8 Å². The second kappa shape index (κ2) is 9.04. The van der Waals surface area contributed by atoms with E-state index >= 15 is 0 Å². The Bertz CT molecular complexity index is 1330. The molecule has 4 rings (SSSR count). The van der Waals surface area contributed by atoms with Gasteiger partial charge in [-0.05, 0) is 42.7 Å². The summed E-state index contributed by atoms with van der Waals surface area (Å²) in [4.78, 5) is 45.7. The van der Waals surface area contributed by atoms with Crippen LogP contribution in [0.25, 0.3) is 16.5 Å². The molecule has 2 aromatic heterocycles. The maximum atomic E-state index is 14.6. The van der Waals surface area contributed by atoms with E-state index in [9.17, 15) is 24.0 Å². The van der Waals surface area contributed by atoms with Crippen molar-refractivity contribution in [2.24, 2.45) is 0 Å². The fourth-order valence-corrected chi connectivity index (χ4v) is 4.00. The zero-order valence-corrected chi connectivity index (χ0v) is 17.8. The van der Waals surface area contributed by atoms with E-state index in [1.807, 2.05) is 0 Å². The van der Waals surface area contributed by atoms with Gasteiger partial charge in [0.15, 0.2) is 0 Å². The van der Waals surface area contributed by atoms with Crippen LogP contribution in [0.3, 0.4) is 0 Å². The molecule has 1 saturated heterocycles. The average molecular weight is 445 g/mol. The molecule has 0 aliphatic carbocycles. The molecule has 9 heteroatoms. The first-order chi connectivity index (χ1) is 15.9. The van der Waals surface area contributed by atoms with Gasteiger partial charge in [-0.3, -0.25) is 19.4 Å². The summed E-state index contributed by atoms with van der Waals surface area (Å²) < 4.78 is 14.6. The number of aromatic amines is 1. The molecule has 0 unspecified atom stereocenters. The third-order valence-corrected chi connectivity index (χ3v) is 5.57. The van der Waals surface area contributed by atoms with E-state index in [0.29, 0.717) is 29.8 Å². The first-order valence-electron chi connectivity index (χ1n) is 10.3. The lowest BCUT2D eigenvalue weighted by Gasteiger charge is -2.28. The van der Waals surface area contributed by atoms with E-state index in [1.54, 1.807) is 24.4 Å². The second-order valence-corrected chi connectivity index (χ2v) is 7.66. The summed E-state index contributed by atoms with van der Waals surface area (Å²) in [5, 5.41) is 12.1. The van der Waals surface area contributed by atoms with Crippen LogP contribution in [0.5, 0.6) is 0 Å². The summed E-state index contributed by atoms with van der Waals surface area (Å²) in [7, 11) is 0. The molecule has 3 aromatic rings. The van der Waals surface area contributed by atoms with Crippen LogP contribution in [0.2, 0.25) is 0 Å². The minimum absolute atomic E-state index is 0.0425. The number of ketones is 1. The largest absolute Gasteiger partial charge is 0.359 e. The van der Waals surface area contributed by atoms with E-state index in [4.69, 9.17) is 0 Å². The topological polar surface area (TPSA) is 119 Å². The lowest BCUT2D eigenvalue weighted by molar-refractivity contribution is -0.126. The standard InChI is InChI=1S/C24H20FN5O3/c1-14(31)29-20-6-5-18(25)21-17(13-28-22(20)21)23(32)24(33)30-10-7-15(8-11-30)16(12-26)19-4-2-3-9-27-19/h2-6,9,13,28H,7-8,10-11H2,1H3,(H,29,31). The molecule has 8 nitrogen and oxygen atoms in total. The zero-order valence-electron chi connectivity index (χ0n) is 17.8. The van der Waals surface area contributed by atoms with Crippen LogP contribution in [-0.4, -0.2) is 45.6 Å². The van der Waals surface area contributed by atoms with E-state index in [0.717, 1.165) is 11.6 Å². The molecule has 3 heterocycles. The number of amides is 2. The summed E-state index contributed by atoms with van der Waals surface area (Å²) in [5.74, 6) is -2.59. The summed E-state index contributed by atoms with van der Waals surface area (Å²) in [6.45, 7) is 1.85. The average Bonchev–Trinajstić information content (AvgIpc) is 3.28. The number of halogens is 1. The van der Waals surface area contributed by atoms with Crippen molar-refractivity contribution in [2.75, 3.05) is 18.4 Å². The maximum Gasteiger partial charge on any atom is 0.295 e. The monoisotopic (exact) mass is 445 g/mol. The molecular weight excluding hydrogens is 425 g/mol. The van der Waals surface area contributed by atoms with Crippen LogP contribution < -0.4 is 5.32 Å². The fraction of sp³-hybridized carbons (Fsp3) is 0.208. The van der Waals surface area contributed by atoms with Gasteiger partial charge >= 0.3 is 0 Å². The summed E-state index contributed by atoms with van der Waals surface area (Å²) in [5.41, 5.74) is 2.40. The number of hydrogen-bond acceptors (Lipinski definition) is 5. The Kier molecular flexibility index (Phi) is 6.00. The second-order valence-electron chi connectivity index (χ2n) is 7.66. The third-order valence-electron chi connectivity index (χ3n) is 5.57. The number of rotatable bonds is 4. The van der Waals surface area contributed by atoms with Gasteiger partial charge in [0.2, 0.25) is 5.91 Å². The highest BCUT2D eigenvalue weighted by atomic mass is 19.1. The van der Waals surface area contributed by atoms with Gasteiger partial charge in [0.1, 0.15) is 11.9 Å². The Labute approximate surface area is 188 Å². The van der Waals surface area contributed by atoms with Crippen molar-refractivity contribution >= 4 is 39.8 Å². The smallest absolute Gasteiger partial charge is 0.295 e. The number of pyridine rings is 1. The first kappa shape index (κ1) is 21.9. The number of allylic oxidation sites excluding steroid dienone is 1. The van der Waals surface area contributed by atoms with Gasteiger partial charge in [0, 0.05) is 37.8 Å². The predicted octanol–water partition coefficient (Wildman–Crippen LogP) is 3.44. The van der Waals surface area contributed by atoms with E-state index in [2.05, 4.69) is 21.4 Å². The molecule has 0 atom stereocenters. The number of Topliss-reactive ketones (excluding diaryl/α,β-unsaturated/α-hetero) is 1. The fourth-order valence-electron chi connectivity index (χ4n) is 4.00. The number of piperidine rings is 1. The van der Waals surface area contributed by atoms with Crippen LogP contribution in [0, 0.1) is 17.1 Å². The quantitative estimate of drug-likeness (QED) is 0.362. The Balaban J connectivity index is 1.55. The van der Waals surface area contributed by atoms with Crippen LogP contribution in [0.4, 0.5) is 10.1 Å². The Morgan fingerprint density at radius 3 is 2.58 bits per heavy atom. The molecule has 166 valence electrons. The summed E-state index contributed by atoms with van der Waals surface area (Å²) in [6, 6.07) is 10.0. The first-order valence-corrected chi connectivity index (χ1v) is 10.3. The summed E-state index contributed by atoms with van der Waals surface area (Å²) in [6.07, 6.45) is 3.77. The number of hydrogen-bond donors (Lipinski definition) is 2. The number of nitriles is 1. The molecule has 0 bridgehead atoms. The Morgan fingerprint density at radius 1 is 1.18 bits per heavy atom. The van der Waals surface area contributed by atoms with Crippen molar-refractivity contribution in [3.05, 3.63) is 65.4 Å². The van der Waals surface area contributed by atoms with E-state index < -0.39 is 17.5 Å². The van der Waals surface area contributed by atoms with Crippen molar-refractivity contribution in [3.63, 3.8) is 0 Å². The van der Waals surface area contributed by atoms with Crippen LogP contribution in [0.15, 0.2) is 48.3 Å². The minimum Gasteiger partial charge on any atom is -0.359 e. The number of fused-ring (bicyclic) bond motifs is 1. The number of anilines is 1. The number of benzene rings is 1. The number of carbonyl (C=O) groups is 3. The van der Waals surface area contributed by atoms with Gasteiger partial charge in [0.25, 0.3) is 11.7 Å². The lowest BCUT2D eigenvalue weighted by atomic mass is 9.95. The van der Waals surface area contributed by atoms with Crippen molar-refractivity contribution < 1.29 is 18.8 Å². The number of H-pyrrole nitrogens is 1. The molecule has 2 N–H and O–H groups in total. The van der Waals surface area contributed by atoms with E-state index in [-0.39, 0.29) is 35.5 Å². The molecule has 2 amide bonds. The van der Waals surface area contributed by atoms with Gasteiger partial charge in [-0.2, -0.15) is 5.26 Å². The SMILES string of the molecule is CC(=O)Nc1ccc(F)c2c(C(=O)C(=O)N3CCC(=C(C#N)c4ccccn4)CC3)c[nH]c12. The number of carbonyl (C=O) groups excluding carboxylic acids is 3. The molecule has 0 saturated carbocycles. The van der Waals surface area contributed by atoms with Crippen molar-refractivity contribution in [1.29, 1.82) is 5.26 Å². The van der Waals surface area contributed by atoms with Gasteiger partial charge in [-0.25, -0.2) is 4.39 Å². The highest BCUT2D eigenvalue weighted by Gasteiger charge is 2.29. The minimum atomic E-state index is -0.835. The number of aromatic nitrogens is 2. The molecule has 1 fully saturated rings. The molecule has 33 heavy (non-hydrogen) atoms. The zero-order chi connectivity index (χ0) is 23.5. The molecular formula is C24H20FN5O3. The normalized spacial score (nSPS) is 13.5. The van der Waals surface area contributed by atoms with Gasteiger partial charge < -0.3 is 15.2 Å². The highest BCUT2D eigenvalue weighted by Crippen LogP contribution is 2.30. The number of nitrogens with one attached hydrogen (secondary N) is 2. The van der Waals surface area contributed by atoms with Gasteiger partial charge in [-0.1, -0.05) is 6.07 Å². The molecule has 0 radical (unpaired) electrons. The predicted molar refractivity (Wildman–Crippen MR) is 119 cm³/mol. The van der Waals surface area contributed by atoms with Crippen LogP contribution >= 0.6 is 0 Å². The highest BCUT2D eigenvalue weighted by molar-refractivity contribution is 6.45. The third kappa shape index (κ3) is 4.23. The van der Waals surface area contributed by atoms with Gasteiger partial charge in [-0.15, -0.1) is 0 Å².